The molecule has 0 saturated carbocycles. The molecule has 0 rings (SSSR count). The van der Waals surface area contributed by atoms with Gasteiger partial charge in [0.15, 0.2) is 0 Å². The van der Waals surface area contributed by atoms with Gasteiger partial charge in [0, 0.05) is 0 Å². The highest BCUT2D eigenvalue weighted by molar-refractivity contribution is 7.79. The normalized spacial score (nSPS) is 9.00. The highest BCUT2D eigenvalue weighted by Crippen LogP contribution is 1.59. The first kappa shape index (κ1) is 10.8. The lowest BCUT2D eigenvalue weighted by molar-refractivity contribution is 0.381. The smallest absolute Gasteiger partial charge is 0.264 e. The van der Waals surface area contributed by atoms with E-state index in [1.54, 1.807) is 0 Å². The predicted octanol–water partition coefficient (Wildman–Crippen LogP) is 0.134. The van der Waals surface area contributed by atoms with Crippen LogP contribution in [0.3, 0.4) is 0 Å². The molecule has 0 aliphatic rings. The van der Waals surface area contributed by atoms with Gasteiger partial charge in [-0.15, -0.1) is 0 Å². The average Bonchev–Trinajstić information content (AvgIpc) is 1.27. The van der Waals surface area contributed by atoms with Gasteiger partial charge in [-0.05, 0) is 0 Å². The Bertz CT molecular complexity index is 108. The molecule has 6 heteroatoms. The van der Waals surface area contributed by atoms with Crippen LogP contribution >= 0.6 is 0 Å². The summed E-state index contributed by atoms with van der Waals surface area (Å²) < 4.78 is 31.6. The van der Waals surface area contributed by atoms with Crippen LogP contribution in [0.1, 0.15) is 0 Å². The van der Waals surface area contributed by atoms with E-state index in [1.807, 2.05) is 20.9 Å². The van der Waals surface area contributed by atoms with E-state index in [4.69, 9.17) is 17.5 Å². The Morgan fingerprint density at radius 1 is 1.25 bits per heavy atom. The molecule has 0 aromatic heterocycles. The Kier molecular flexibility index (Phi) is 6.88. The zero-order chi connectivity index (χ0) is 7.21. The van der Waals surface area contributed by atoms with Crippen molar-refractivity contribution >= 4 is 17.7 Å². The standard InChI is InChI=1S/C2H6B.H2O4S/c1-3-2;1-5(2,3)4/h1-2H3;(H2,1,2,3,4). The van der Waals surface area contributed by atoms with Gasteiger partial charge < -0.3 is 0 Å². The van der Waals surface area contributed by atoms with Crippen LogP contribution in [-0.2, 0) is 10.4 Å². The maximum Gasteiger partial charge on any atom is 0.394 e. The molecule has 4 nitrogen and oxygen atoms in total. The van der Waals surface area contributed by atoms with Gasteiger partial charge in [0.1, 0.15) is 7.28 Å². The molecule has 0 bridgehead atoms. The molecule has 49 valence electrons. The molecular formula is C2H8BO4S. The molecule has 0 saturated heterocycles. The van der Waals surface area contributed by atoms with Crippen molar-refractivity contribution in [2.45, 2.75) is 13.6 Å². The lowest BCUT2D eigenvalue weighted by Gasteiger charge is -1.68. The summed E-state index contributed by atoms with van der Waals surface area (Å²) in [6, 6.07) is 0. The monoisotopic (exact) mass is 139 g/mol. The maximum absolute atomic E-state index is 8.74. The number of rotatable bonds is 0. The van der Waals surface area contributed by atoms with E-state index in [9.17, 15) is 0 Å². The zero-order valence-electron chi connectivity index (χ0n) is 4.70. The lowest BCUT2D eigenvalue weighted by atomic mass is 9.88. The quantitative estimate of drug-likeness (QED) is 0.369. The summed E-state index contributed by atoms with van der Waals surface area (Å²) in [6.45, 7) is 4.00. The summed E-state index contributed by atoms with van der Waals surface area (Å²) in [6.07, 6.45) is 0. The fourth-order valence-electron chi connectivity index (χ4n) is 0. The summed E-state index contributed by atoms with van der Waals surface area (Å²) >= 11 is 0. The molecule has 0 aliphatic carbocycles. The van der Waals surface area contributed by atoms with E-state index >= 15 is 0 Å². The van der Waals surface area contributed by atoms with Gasteiger partial charge in [0.05, 0.1) is 0 Å². The summed E-state index contributed by atoms with van der Waals surface area (Å²) in [7, 11) is -2.67. The molecule has 1 radical (unpaired) electrons. The van der Waals surface area contributed by atoms with Gasteiger partial charge in [-0.25, -0.2) is 0 Å². The topological polar surface area (TPSA) is 74.6 Å². The van der Waals surface area contributed by atoms with Crippen LogP contribution in [-0.4, -0.2) is 24.8 Å². The molecule has 0 aliphatic heterocycles. The zero-order valence-corrected chi connectivity index (χ0v) is 5.51. The molecule has 0 aromatic rings. The van der Waals surface area contributed by atoms with Gasteiger partial charge in [-0.1, -0.05) is 13.6 Å². The van der Waals surface area contributed by atoms with Crippen molar-refractivity contribution in [1.82, 2.24) is 0 Å². The summed E-state index contributed by atoms with van der Waals surface area (Å²) in [5, 5.41) is 0. The van der Waals surface area contributed by atoms with Gasteiger partial charge in [-0.3, -0.25) is 9.11 Å². The Morgan fingerprint density at radius 2 is 1.25 bits per heavy atom. The van der Waals surface area contributed by atoms with E-state index in [0.717, 1.165) is 0 Å². The minimum absolute atomic E-state index is 2.00. The van der Waals surface area contributed by atoms with Crippen molar-refractivity contribution < 1.29 is 17.5 Å². The van der Waals surface area contributed by atoms with E-state index < -0.39 is 10.4 Å². The molecular weight excluding hydrogens is 131 g/mol. The summed E-state index contributed by atoms with van der Waals surface area (Å²) in [4.78, 5) is 0. The third-order valence-electron chi connectivity index (χ3n) is 0. The minimum Gasteiger partial charge on any atom is -0.264 e. The van der Waals surface area contributed by atoms with Crippen molar-refractivity contribution in [3.05, 3.63) is 0 Å². The van der Waals surface area contributed by atoms with Crippen LogP contribution in [0.25, 0.3) is 0 Å². The molecule has 0 spiro atoms. The molecule has 8 heavy (non-hydrogen) atoms. The van der Waals surface area contributed by atoms with Crippen molar-refractivity contribution in [1.29, 1.82) is 0 Å². The first-order valence-electron chi connectivity index (χ1n) is 1.85. The second-order valence-electron chi connectivity index (χ2n) is 1.03. The van der Waals surface area contributed by atoms with Crippen LogP contribution in [0.5, 0.6) is 0 Å². The second kappa shape index (κ2) is 5.08. The Morgan fingerprint density at radius 3 is 1.25 bits per heavy atom. The fourth-order valence-corrected chi connectivity index (χ4v) is 0. The summed E-state index contributed by atoms with van der Waals surface area (Å²) in [5.74, 6) is 0. The minimum atomic E-state index is -4.67. The third-order valence-corrected chi connectivity index (χ3v) is 0. The predicted molar refractivity (Wildman–Crippen MR) is 31.7 cm³/mol. The van der Waals surface area contributed by atoms with Crippen LogP contribution in [0.2, 0.25) is 13.6 Å². The molecule has 0 heterocycles. The van der Waals surface area contributed by atoms with E-state index in [2.05, 4.69) is 0 Å². The first-order chi connectivity index (χ1) is 3.41. The van der Waals surface area contributed by atoms with Crippen LogP contribution in [0.4, 0.5) is 0 Å². The van der Waals surface area contributed by atoms with Crippen molar-refractivity contribution in [2.75, 3.05) is 0 Å². The maximum atomic E-state index is 8.74. The number of hydrogen-bond acceptors (Lipinski definition) is 2. The Labute approximate surface area is 49.7 Å². The van der Waals surface area contributed by atoms with Gasteiger partial charge in [0.25, 0.3) is 0 Å². The highest BCUT2D eigenvalue weighted by atomic mass is 32.3. The van der Waals surface area contributed by atoms with Gasteiger partial charge in [0.2, 0.25) is 0 Å². The van der Waals surface area contributed by atoms with Crippen molar-refractivity contribution in [3.63, 3.8) is 0 Å². The third kappa shape index (κ3) is 34100. The first-order valence-corrected chi connectivity index (χ1v) is 3.25. The number of hydrogen-bond donors (Lipinski definition) is 2. The SMILES string of the molecule is C[B]C.O=S(=O)(O)O. The molecule has 2 N–H and O–H groups in total. The van der Waals surface area contributed by atoms with Crippen LogP contribution in [0.15, 0.2) is 0 Å². The van der Waals surface area contributed by atoms with E-state index in [1.165, 1.54) is 0 Å². The Hall–Kier alpha value is -0.0651. The molecule has 0 atom stereocenters. The van der Waals surface area contributed by atoms with Crippen molar-refractivity contribution in [3.8, 4) is 0 Å². The van der Waals surface area contributed by atoms with Crippen molar-refractivity contribution in [2.24, 2.45) is 0 Å². The fraction of sp³-hybridized carbons (Fsp3) is 1.00. The van der Waals surface area contributed by atoms with E-state index in [-0.39, 0.29) is 0 Å². The molecule has 0 aromatic carbocycles. The highest BCUT2D eigenvalue weighted by Gasteiger charge is 1.84. The Balaban J connectivity index is 0. The lowest BCUT2D eigenvalue weighted by Crippen LogP contribution is -1.89. The van der Waals surface area contributed by atoms with Gasteiger partial charge in [-0.2, -0.15) is 8.42 Å². The molecule has 0 unspecified atom stereocenters. The average molecular weight is 139 g/mol. The van der Waals surface area contributed by atoms with Crippen LogP contribution in [0, 0.1) is 0 Å². The molecule has 0 fully saturated rings. The largest absolute Gasteiger partial charge is 0.394 e. The second-order valence-corrected chi connectivity index (χ2v) is 1.92. The van der Waals surface area contributed by atoms with Gasteiger partial charge >= 0.3 is 10.4 Å². The molecule has 0 amide bonds. The summed E-state index contributed by atoms with van der Waals surface area (Å²) in [5.41, 5.74) is 0. The van der Waals surface area contributed by atoms with Crippen LogP contribution < -0.4 is 0 Å². The van der Waals surface area contributed by atoms with E-state index in [0.29, 0.717) is 0 Å².